The lowest BCUT2D eigenvalue weighted by Crippen LogP contribution is -2.30. The van der Waals surface area contributed by atoms with Crippen molar-refractivity contribution in [1.82, 2.24) is 20.1 Å². The van der Waals surface area contributed by atoms with Crippen molar-refractivity contribution in [3.05, 3.63) is 35.7 Å². The third-order valence-electron chi connectivity index (χ3n) is 3.39. The van der Waals surface area contributed by atoms with E-state index in [1.165, 1.54) is 14.2 Å². The summed E-state index contributed by atoms with van der Waals surface area (Å²) in [5.74, 6) is -0.782. The highest BCUT2D eigenvalue weighted by Crippen LogP contribution is 2.30. The summed E-state index contributed by atoms with van der Waals surface area (Å²) in [6.45, 7) is 1.84. The van der Waals surface area contributed by atoms with Crippen LogP contribution in [0.1, 0.15) is 18.3 Å². The minimum atomic E-state index is -4.59. The Morgan fingerprint density at radius 1 is 1.36 bits per heavy atom. The van der Waals surface area contributed by atoms with Crippen molar-refractivity contribution in [3.63, 3.8) is 0 Å². The Kier molecular flexibility index (Phi) is 5.93. The van der Waals surface area contributed by atoms with Crippen molar-refractivity contribution in [2.75, 3.05) is 7.11 Å². The lowest BCUT2D eigenvalue weighted by Gasteiger charge is -2.13. The number of halogens is 3. The van der Waals surface area contributed by atoms with Crippen molar-refractivity contribution >= 4 is 17.7 Å². The van der Waals surface area contributed by atoms with Gasteiger partial charge in [0.15, 0.2) is 5.16 Å². The zero-order chi connectivity index (χ0) is 18.6. The molecule has 0 unspecified atom stereocenters. The van der Waals surface area contributed by atoms with Crippen LogP contribution in [0.4, 0.5) is 13.2 Å². The summed E-state index contributed by atoms with van der Waals surface area (Å²) in [7, 11) is 2.75. The second kappa shape index (κ2) is 7.77. The first-order valence-electron chi connectivity index (χ1n) is 7.27. The van der Waals surface area contributed by atoms with Crippen LogP contribution in [0, 0.1) is 0 Å². The molecule has 1 heterocycles. The molecule has 10 heteroatoms. The number of amides is 1. The lowest BCUT2D eigenvalue weighted by atomic mass is 10.2. The number of hydrogen-bond donors (Lipinski definition) is 1. The molecule has 1 aromatic heterocycles. The number of hydrogen-bond acceptors (Lipinski definition) is 5. The number of alkyl halides is 3. The number of para-hydroxylation sites is 1. The Bertz CT molecular complexity index is 749. The fourth-order valence-corrected chi connectivity index (χ4v) is 2.89. The number of aromatic nitrogens is 3. The SMILES string of the molecule is COc1ccccc1CNC(=O)[C@H](C)Sc1nnc(C(F)(F)F)n1C. The van der Waals surface area contributed by atoms with Gasteiger partial charge in [-0.2, -0.15) is 13.2 Å². The number of nitrogens with one attached hydrogen (secondary N) is 1. The fourth-order valence-electron chi connectivity index (χ4n) is 2.05. The number of carbonyl (C=O) groups is 1. The topological polar surface area (TPSA) is 69.0 Å². The van der Waals surface area contributed by atoms with E-state index >= 15 is 0 Å². The van der Waals surface area contributed by atoms with E-state index in [-0.39, 0.29) is 17.6 Å². The van der Waals surface area contributed by atoms with E-state index in [4.69, 9.17) is 4.74 Å². The van der Waals surface area contributed by atoms with Gasteiger partial charge in [-0.05, 0) is 13.0 Å². The largest absolute Gasteiger partial charge is 0.496 e. The molecule has 2 aromatic rings. The molecule has 6 nitrogen and oxygen atoms in total. The Labute approximate surface area is 146 Å². The molecule has 25 heavy (non-hydrogen) atoms. The molecule has 1 aromatic carbocycles. The third-order valence-corrected chi connectivity index (χ3v) is 4.52. The van der Waals surface area contributed by atoms with E-state index in [1.807, 2.05) is 18.2 Å². The van der Waals surface area contributed by atoms with E-state index in [2.05, 4.69) is 15.5 Å². The van der Waals surface area contributed by atoms with Gasteiger partial charge in [0, 0.05) is 19.2 Å². The molecule has 1 amide bonds. The maximum Gasteiger partial charge on any atom is 0.451 e. The first kappa shape index (κ1) is 19.1. The van der Waals surface area contributed by atoms with Gasteiger partial charge in [-0.1, -0.05) is 30.0 Å². The first-order valence-corrected chi connectivity index (χ1v) is 8.15. The normalized spacial score (nSPS) is 12.7. The average Bonchev–Trinajstić information content (AvgIpc) is 2.93. The predicted octanol–water partition coefficient (Wildman–Crippen LogP) is 2.64. The maximum atomic E-state index is 12.7. The van der Waals surface area contributed by atoms with Gasteiger partial charge in [0.2, 0.25) is 11.7 Å². The van der Waals surface area contributed by atoms with Crippen LogP contribution in [-0.4, -0.2) is 33.0 Å². The molecular weight excluding hydrogens is 357 g/mol. The van der Waals surface area contributed by atoms with E-state index in [0.717, 1.165) is 21.9 Å². The quantitative estimate of drug-likeness (QED) is 0.788. The van der Waals surface area contributed by atoms with Crippen molar-refractivity contribution in [3.8, 4) is 5.75 Å². The van der Waals surface area contributed by atoms with Gasteiger partial charge in [0.25, 0.3) is 0 Å². The van der Waals surface area contributed by atoms with Crippen LogP contribution in [0.25, 0.3) is 0 Å². The third kappa shape index (κ3) is 4.65. The van der Waals surface area contributed by atoms with Crippen molar-refractivity contribution < 1.29 is 22.7 Å². The molecule has 0 radical (unpaired) electrons. The van der Waals surface area contributed by atoms with Gasteiger partial charge in [0.05, 0.1) is 12.4 Å². The standard InChI is InChI=1S/C15H17F3N4O2S/c1-9(25-14-21-20-13(22(14)2)15(16,17)18)12(23)19-8-10-6-4-5-7-11(10)24-3/h4-7,9H,8H2,1-3H3,(H,19,23)/t9-/m0/s1. The number of methoxy groups -OCH3 is 1. The van der Waals surface area contributed by atoms with Crippen LogP contribution in [0.15, 0.2) is 29.4 Å². The Morgan fingerprint density at radius 2 is 2.04 bits per heavy atom. The Balaban J connectivity index is 1.98. The molecule has 0 aliphatic heterocycles. The minimum Gasteiger partial charge on any atom is -0.496 e. The molecular formula is C15H17F3N4O2S. The highest BCUT2D eigenvalue weighted by molar-refractivity contribution is 8.00. The van der Waals surface area contributed by atoms with Crippen LogP contribution in [0.5, 0.6) is 5.75 Å². The van der Waals surface area contributed by atoms with E-state index < -0.39 is 17.3 Å². The van der Waals surface area contributed by atoms with Crippen molar-refractivity contribution in [2.45, 2.75) is 30.1 Å². The number of nitrogens with zero attached hydrogens (tertiary/aromatic N) is 3. The van der Waals surface area contributed by atoms with Crippen LogP contribution >= 0.6 is 11.8 Å². The number of benzene rings is 1. The molecule has 0 aliphatic rings. The Morgan fingerprint density at radius 3 is 2.64 bits per heavy atom. The number of carbonyl (C=O) groups excluding carboxylic acids is 1. The summed E-state index contributed by atoms with van der Waals surface area (Å²) in [6.07, 6.45) is -4.59. The average molecular weight is 374 g/mol. The van der Waals surface area contributed by atoms with Crippen molar-refractivity contribution in [1.29, 1.82) is 0 Å². The van der Waals surface area contributed by atoms with Crippen LogP contribution in [-0.2, 0) is 24.6 Å². The summed E-state index contributed by atoms with van der Waals surface area (Å²) in [6, 6.07) is 7.22. The summed E-state index contributed by atoms with van der Waals surface area (Å²) < 4.78 is 44.2. The summed E-state index contributed by atoms with van der Waals surface area (Å²) in [5.41, 5.74) is 0.800. The first-order chi connectivity index (χ1) is 11.7. The highest BCUT2D eigenvalue weighted by Gasteiger charge is 2.37. The summed E-state index contributed by atoms with van der Waals surface area (Å²) >= 11 is 0.906. The maximum absolute atomic E-state index is 12.7. The fraction of sp³-hybridized carbons (Fsp3) is 0.400. The van der Waals surface area contributed by atoms with Gasteiger partial charge in [0.1, 0.15) is 5.75 Å². The Hall–Kier alpha value is -2.23. The second-order valence-corrected chi connectivity index (χ2v) is 6.46. The van der Waals surface area contributed by atoms with Gasteiger partial charge >= 0.3 is 6.18 Å². The smallest absolute Gasteiger partial charge is 0.451 e. The second-order valence-electron chi connectivity index (χ2n) is 5.15. The van der Waals surface area contributed by atoms with Gasteiger partial charge < -0.3 is 14.6 Å². The summed E-state index contributed by atoms with van der Waals surface area (Å²) in [5, 5.41) is 8.75. The van der Waals surface area contributed by atoms with E-state index in [9.17, 15) is 18.0 Å². The van der Waals surface area contributed by atoms with E-state index in [1.54, 1.807) is 13.0 Å². The molecule has 1 N–H and O–H groups in total. The summed E-state index contributed by atoms with van der Waals surface area (Å²) in [4.78, 5) is 12.2. The van der Waals surface area contributed by atoms with Crippen LogP contribution in [0.2, 0.25) is 0 Å². The molecule has 136 valence electrons. The molecule has 0 spiro atoms. The van der Waals surface area contributed by atoms with Gasteiger partial charge in [-0.25, -0.2) is 0 Å². The number of rotatable bonds is 6. The highest BCUT2D eigenvalue weighted by atomic mass is 32.2. The van der Waals surface area contributed by atoms with Crippen molar-refractivity contribution in [2.24, 2.45) is 7.05 Å². The zero-order valence-corrected chi connectivity index (χ0v) is 14.6. The zero-order valence-electron chi connectivity index (χ0n) is 13.8. The molecule has 1 atom stereocenters. The van der Waals surface area contributed by atoms with Gasteiger partial charge in [-0.3, -0.25) is 4.79 Å². The molecule has 0 aliphatic carbocycles. The molecule has 0 bridgehead atoms. The minimum absolute atomic E-state index is 0.0206. The molecule has 2 rings (SSSR count). The molecule has 0 saturated heterocycles. The van der Waals surface area contributed by atoms with Gasteiger partial charge in [-0.15, -0.1) is 10.2 Å². The lowest BCUT2D eigenvalue weighted by molar-refractivity contribution is -0.147. The number of ether oxygens (including phenoxy) is 1. The molecule has 0 fully saturated rings. The number of thioether (sulfide) groups is 1. The van der Waals surface area contributed by atoms with E-state index in [0.29, 0.717) is 5.75 Å². The van der Waals surface area contributed by atoms with Crippen LogP contribution < -0.4 is 10.1 Å². The predicted molar refractivity (Wildman–Crippen MR) is 86.2 cm³/mol. The monoisotopic (exact) mass is 374 g/mol. The van der Waals surface area contributed by atoms with Crippen LogP contribution in [0.3, 0.4) is 0 Å². The molecule has 0 saturated carbocycles.